The number of nitrogens with two attached hydrogens (primary N) is 1. The van der Waals surface area contributed by atoms with Crippen molar-refractivity contribution in [3.63, 3.8) is 0 Å². The predicted octanol–water partition coefficient (Wildman–Crippen LogP) is 2.60. The molecule has 0 bridgehead atoms. The summed E-state index contributed by atoms with van der Waals surface area (Å²) in [5, 5.41) is 10.7. The summed E-state index contributed by atoms with van der Waals surface area (Å²) in [4.78, 5) is 21.3. The van der Waals surface area contributed by atoms with E-state index in [1.165, 1.54) is 40.8 Å². The average molecular weight is 531 g/mol. The van der Waals surface area contributed by atoms with Crippen LogP contribution in [0.5, 0.6) is 0 Å². The van der Waals surface area contributed by atoms with Crippen molar-refractivity contribution in [2.45, 2.75) is 36.0 Å². The van der Waals surface area contributed by atoms with Crippen LogP contribution in [0.25, 0.3) is 0 Å². The summed E-state index contributed by atoms with van der Waals surface area (Å²) in [6.45, 7) is 2.64. The molecule has 1 aliphatic heterocycles. The topological polar surface area (TPSA) is 164 Å². The van der Waals surface area contributed by atoms with Crippen molar-refractivity contribution in [1.29, 1.82) is 0 Å². The zero-order valence-corrected chi connectivity index (χ0v) is 21.1. The minimum atomic E-state index is -3.80. The monoisotopic (exact) mass is 530 g/mol. The summed E-state index contributed by atoms with van der Waals surface area (Å²) in [5.41, 5.74) is 1.27. The molecule has 0 saturated carbocycles. The molecule has 0 atom stereocenters. The van der Waals surface area contributed by atoms with Gasteiger partial charge in [0, 0.05) is 30.5 Å². The number of carbonyl (C=O) groups is 1. The Balaban J connectivity index is 1.50. The van der Waals surface area contributed by atoms with E-state index >= 15 is 0 Å². The number of carbonyl (C=O) groups excluding carboxylic acids is 1. The first-order valence-electron chi connectivity index (χ1n) is 11.2. The van der Waals surface area contributed by atoms with Crippen molar-refractivity contribution in [1.82, 2.24) is 14.3 Å². The molecule has 4 N–H and O–H groups in total. The maximum Gasteiger partial charge on any atom is 0.258 e. The number of sulfonamides is 2. The predicted molar refractivity (Wildman–Crippen MR) is 135 cm³/mol. The van der Waals surface area contributed by atoms with Crippen molar-refractivity contribution in [2.24, 2.45) is 5.14 Å². The van der Waals surface area contributed by atoms with Crippen LogP contribution in [0.3, 0.4) is 0 Å². The van der Waals surface area contributed by atoms with Crippen molar-refractivity contribution < 1.29 is 21.6 Å². The van der Waals surface area contributed by atoms with Crippen LogP contribution in [0.1, 0.15) is 35.2 Å². The highest BCUT2D eigenvalue weighted by Crippen LogP contribution is 2.25. The molecule has 1 aromatic heterocycles. The van der Waals surface area contributed by atoms with Gasteiger partial charge < -0.3 is 5.32 Å². The first kappa shape index (κ1) is 25.7. The van der Waals surface area contributed by atoms with Crippen LogP contribution >= 0.6 is 0 Å². The van der Waals surface area contributed by atoms with E-state index in [1.54, 1.807) is 25.1 Å². The van der Waals surface area contributed by atoms with Gasteiger partial charge >= 0.3 is 0 Å². The Hall–Kier alpha value is -3.39. The number of hydrogen-bond acceptors (Lipinski definition) is 8. The lowest BCUT2D eigenvalue weighted by Gasteiger charge is -2.26. The lowest BCUT2D eigenvalue weighted by atomic mass is 10.1. The highest BCUT2D eigenvalue weighted by atomic mass is 32.2. The third kappa shape index (κ3) is 5.87. The second-order valence-electron chi connectivity index (χ2n) is 8.36. The molecule has 190 valence electrons. The maximum atomic E-state index is 13.2. The van der Waals surface area contributed by atoms with E-state index in [4.69, 9.17) is 5.14 Å². The number of hydrogen-bond donors (Lipinski definition) is 3. The number of aromatic nitrogens is 2. The van der Waals surface area contributed by atoms with Gasteiger partial charge in [0.05, 0.1) is 9.79 Å². The van der Waals surface area contributed by atoms with Gasteiger partial charge in [-0.05, 0) is 67.8 Å². The molecule has 36 heavy (non-hydrogen) atoms. The molecule has 0 unspecified atom stereocenters. The van der Waals surface area contributed by atoms with E-state index in [1.807, 2.05) is 0 Å². The molecule has 1 aliphatic rings. The van der Waals surface area contributed by atoms with Crippen LogP contribution in [0.15, 0.2) is 64.5 Å². The Morgan fingerprint density at radius 1 is 0.972 bits per heavy atom. The number of nitrogens with zero attached hydrogens (tertiary/aromatic N) is 3. The second kappa shape index (κ2) is 10.3. The van der Waals surface area contributed by atoms with E-state index in [9.17, 15) is 21.6 Å². The van der Waals surface area contributed by atoms with E-state index in [-0.39, 0.29) is 21.3 Å². The van der Waals surface area contributed by atoms with Crippen LogP contribution in [0, 0.1) is 6.92 Å². The maximum absolute atomic E-state index is 13.2. The molecule has 11 nitrogen and oxygen atoms in total. The number of primary sulfonamides is 1. The van der Waals surface area contributed by atoms with E-state index < -0.39 is 26.0 Å². The molecule has 13 heteroatoms. The fourth-order valence-corrected chi connectivity index (χ4v) is 6.09. The van der Waals surface area contributed by atoms with Gasteiger partial charge in [-0.25, -0.2) is 27.0 Å². The molecule has 1 amide bonds. The molecular formula is C23H26N6O5S2. The van der Waals surface area contributed by atoms with E-state index in [2.05, 4.69) is 20.6 Å². The molecule has 0 radical (unpaired) electrons. The highest BCUT2D eigenvalue weighted by molar-refractivity contribution is 7.89. The Bertz CT molecular complexity index is 1490. The summed E-state index contributed by atoms with van der Waals surface area (Å²) in [5.74, 6) is -0.201. The molecule has 4 rings (SSSR count). The molecule has 0 spiro atoms. The van der Waals surface area contributed by atoms with Gasteiger partial charge in [0.15, 0.2) is 0 Å². The fourth-order valence-electron chi connectivity index (χ4n) is 3.80. The van der Waals surface area contributed by atoms with Gasteiger partial charge in [0.1, 0.15) is 5.82 Å². The first-order chi connectivity index (χ1) is 17.0. The number of anilines is 3. The minimum absolute atomic E-state index is 0.00664. The minimum Gasteiger partial charge on any atom is -0.340 e. The average Bonchev–Trinajstić information content (AvgIpc) is 2.85. The number of amides is 1. The number of nitrogens with one attached hydrogen (secondary N) is 2. The normalized spacial score (nSPS) is 14.8. The largest absolute Gasteiger partial charge is 0.340 e. The quantitative estimate of drug-likeness (QED) is 0.419. The van der Waals surface area contributed by atoms with E-state index in [0.717, 1.165) is 19.3 Å². The third-order valence-corrected chi connectivity index (χ3v) is 8.69. The van der Waals surface area contributed by atoms with Crippen molar-refractivity contribution >= 4 is 43.4 Å². The zero-order valence-electron chi connectivity index (χ0n) is 19.5. The van der Waals surface area contributed by atoms with Gasteiger partial charge in [-0.2, -0.15) is 9.29 Å². The van der Waals surface area contributed by atoms with Crippen molar-refractivity contribution in [3.8, 4) is 0 Å². The zero-order chi connectivity index (χ0) is 25.9. The molecule has 2 heterocycles. The van der Waals surface area contributed by atoms with Crippen LogP contribution in [0.4, 0.5) is 17.5 Å². The van der Waals surface area contributed by atoms with Crippen molar-refractivity contribution in [2.75, 3.05) is 23.7 Å². The number of benzene rings is 2. The second-order valence-corrected chi connectivity index (χ2v) is 11.8. The van der Waals surface area contributed by atoms with Crippen LogP contribution in [-0.2, 0) is 20.0 Å². The van der Waals surface area contributed by atoms with Crippen LogP contribution in [0.2, 0.25) is 0 Å². The summed E-state index contributed by atoms with van der Waals surface area (Å²) in [7, 11) is -7.51. The third-order valence-electron chi connectivity index (χ3n) is 5.72. The van der Waals surface area contributed by atoms with Crippen molar-refractivity contribution in [3.05, 3.63) is 65.9 Å². The van der Waals surface area contributed by atoms with Gasteiger partial charge in [0.25, 0.3) is 5.91 Å². The smallest absolute Gasteiger partial charge is 0.258 e. The van der Waals surface area contributed by atoms with Gasteiger partial charge in [-0.3, -0.25) is 10.1 Å². The number of aryl methyl sites for hydroxylation is 1. The lowest BCUT2D eigenvalue weighted by molar-refractivity contribution is 0.102. The molecular weight excluding hydrogens is 504 g/mol. The number of piperidine rings is 1. The van der Waals surface area contributed by atoms with Crippen LogP contribution < -0.4 is 15.8 Å². The standard InChI is InChI=1S/C23H26N6O5S2/c1-16-5-6-17(15-20(16)36(33,34)29-13-3-2-4-14-29)22(30)28-23-25-12-11-21(27-23)26-18-7-9-19(10-8-18)35(24,31)32/h5-12,15H,2-4,13-14H2,1H3,(H2,24,31,32)(H2,25,26,27,28,30). The Morgan fingerprint density at radius 3 is 2.33 bits per heavy atom. The molecule has 2 aromatic carbocycles. The molecule has 1 fully saturated rings. The fraction of sp³-hybridized carbons (Fsp3) is 0.261. The number of rotatable bonds is 7. The Labute approximate surface area is 209 Å². The van der Waals surface area contributed by atoms with Gasteiger partial charge in [-0.15, -0.1) is 0 Å². The SMILES string of the molecule is Cc1ccc(C(=O)Nc2nccc(Nc3ccc(S(N)(=O)=O)cc3)n2)cc1S(=O)(=O)N1CCCCC1. The molecule has 3 aromatic rings. The summed E-state index contributed by atoms with van der Waals surface area (Å²) >= 11 is 0. The first-order valence-corrected chi connectivity index (χ1v) is 14.2. The van der Waals surface area contributed by atoms with E-state index in [0.29, 0.717) is 30.2 Å². The Kier molecular flexibility index (Phi) is 7.36. The summed E-state index contributed by atoms with van der Waals surface area (Å²) in [6.07, 6.45) is 4.07. The van der Waals surface area contributed by atoms with Gasteiger partial charge in [0.2, 0.25) is 26.0 Å². The summed E-state index contributed by atoms with van der Waals surface area (Å²) in [6, 6.07) is 11.9. The summed E-state index contributed by atoms with van der Waals surface area (Å²) < 4.78 is 50.6. The highest BCUT2D eigenvalue weighted by Gasteiger charge is 2.28. The van der Waals surface area contributed by atoms with Gasteiger partial charge in [-0.1, -0.05) is 12.5 Å². The lowest BCUT2D eigenvalue weighted by Crippen LogP contribution is -2.36. The molecule has 0 aliphatic carbocycles. The molecule has 1 saturated heterocycles. The Morgan fingerprint density at radius 2 is 1.67 bits per heavy atom. The van der Waals surface area contributed by atoms with Crippen LogP contribution in [-0.4, -0.2) is 50.1 Å².